The number of aromatic amines is 1. The van der Waals surface area contributed by atoms with Crippen molar-refractivity contribution in [1.29, 1.82) is 0 Å². The number of amides is 1. The topological polar surface area (TPSA) is 87.3 Å². The van der Waals surface area contributed by atoms with E-state index in [4.69, 9.17) is 4.74 Å². The second-order valence-electron chi connectivity index (χ2n) is 6.98. The molecule has 2 N–H and O–H groups in total. The van der Waals surface area contributed by atoms with Crippen molar-refractivity contribution in [2.45, 2.75) is 31.3 Å². The molecule has 26 heavy (non-hydrogen) atoms. The number of carbonyl (C=O) groups is 2. The van der Waals surface area contributed by atoms with Gasteiger partial charge in [-0.1, -0.05) is 18.2 Å². The van der Waals surface area contributed by atoms with Crippen LogP contribution in [0.3, 0.4) is 0 Å². The summed E-state index contributed by atoms with van der Waals surface area (Å²) in [5, 5.41) is 10.5. The summed E-state index contributed by atoms with van der Waals surface area (Å²) in [6.45, 7) is 1.73. The fourth-order valence-electron chi connectivity index (χ4n) is 3.36. The van der Waals surface area contributed by atoms with E-state index < -0.39 is 5.54 Å². The van der Waals surface area contributed by atoms with E-state index >= 15 is 0 Å². The van der Waals surface area contributed by atoms with Gasteiger partial charge >= 0.3 is 5.97 Å². The van der Waals surface area contributed by atoms with Crippen molar-refractivity contribution in [3.8, 4) is 0 Å². The average Bonchev–Trinajstić information content (AvgIpc) is 3.36. The second kappa shape index (κ2) is 6.57. The number of nitrogens with zero attached hydrogens (tertiary/aromatic N) is 2. The Balaban J connectivity index is 1.44. The highest BCUT2D eigenvalue weighted by atomic mass is 16.5. The van der Waals surface area contributed by atoms with Gasteiger partial charge in [0.15, 0.2) is 0 Å². The van der Waals surface area contributed by atoms with Crippen molar-refractivity contribution >= 4 is 11.9 Å². The maximum Gasteiger partial charge on any atom is 0.338 e. The lowest BCUT2D eigenvalue weighted by Gasteiger charge is -2.28. The summed E-state index contributed by atoms with van der Waals surface area (Å²) in [6.07, 6.45) is 2.47. The van der Waals surface area contributed by atoms with Crippen LogP contribution < -0.4 is 5.32 Å². The molecule has 7 heteroatoms. The van der Waals surface area contributed by atoms with Crippen LogP contribution >= 0.6 is 0 Å². The molecule has 0 spiro atoms. The van der Waals surface area contributed by atoms with E-state index in [9.17, 15) is 9.59 Å². The predicted octanol–water partition coefficient (Wildman–Crippen LogP) is 1.52. The minimum absolute atomic E-state index is 0.101. The zero-order chi connectivity index (χ0) is 18.1. The lowest BCUT2D eigenvalue weighted by molar-refractivity contribution is 0.0308. The first-order valence-electron chi connectivity index (χ1n) is 8.88. The van der Waals surface area contributed by atoms with Gasteiger partial charge in [-0.15, -0.1) is 0 Å². The number of aromatic nitrogens is 2. The molecule has 1 aliphatic heterocycles. The minimum Gasteiger partial charge on any atom is -0.460 e. The number of benzene rings is 1. The molecule has 1 aromatic carbocycles. The van der Waals surface area contributed by atoms with Crippen molar-refractivity contribution in [3.05, 3.63) is 52.8 Å². The number of likely N-dealkylation sites (N-methyl/N-ethyl adjacent to an activating group) is 1. The molecule has 2 aliphatic rings. The maximum atomic E-state index is 13.0. The summed E-state index contributed by atoms with van der Waals surface area (Å²) in [4.78, 5) is 26.8. The summed E-state index contributed by atoms with van der Waals surface area (Å²) in [6, 6.07) is 8.90. The SMILES string of the molecule is CN(C(=O)c1[nH]nc2c1CNCC2)C1(COC(=O)c2ccccc2)CC1. The predicted molar refractivity (Wildman–Crippen MR) is 94.8 cm³/mol. The van der Waals surface area contributed by atoms with Gasteiger partial charge in [0.05, 0.1) is 16.8 Å². The normalized spacial score (nSPS) is 17.3. The summed E-state index contributed by atoms with van der Waals surface area (Å²) in [5.74, 6) is -0.462. The van der Waals surface area contributed by atoms with E-state index in [1.807, 2.05) is 6.07 Å². The average molecular weight is 354 g/mol. The molecule has 7 nitrogen and oxygen atoms in total. The Morgan fingerprint density at radius 3 is 2.77 bits per heavy atom. The lowest BCUT2D eigenvalue weighted by Crippen LogP contribution is -2.43. The zero-order valence-corrected chi connectivity index (χ0v) is 14.7. The first kappa shape index (κ1) is 16.8. The Labute approximate surface area is 151 Å². The van der Waals surface area contributed by atoms with E-state index in [-0.39, 0.29) is 18.5 Å². The quantitative estimate of drug-likeness (QED) is 0.795. The standard InChI is InChI=1S/C19H22N4O3/c1-23(17(24)16-14-11-20-10-7-15(14)21-22-16)19(8-9-19)12-26-18(25)13-5-3-2-4-6-13/h2-6,20H,7-12H2,1H3,(H,21,22). The van der Waals surface area contributed by atoms with Gasteiger partial charge < -0.3 is 15.0 Å². The highest BCUT2D eigenvalue weighted by molar-refractivity contribution is 5.95. The van der Waals surface area contributed by atoms with Crippen LogP contribution in [0.4, 0.5) is 0 Å². The van der Waals surface area contributed by atoms with Crippen LogP contribution in [-0.4, -0.2) is 52.7 Å². The second-order valence-corrected chi connectivity index (χ2v) is 6.98. The smallest absolute Gasteiger partial charge is 0.338 e. The molecule has 4 rings (SSSR count). The molecule has 1 saturated carbocycles. The van der Waals surface area contributed by atoms with Crippen molar-refractivity contribution in [2.75, 3.05) is 20.2 Å². The van der Waals surface area contributed by atoms with Crippen LogP contribution in [-0.2, 0) is 17.7 Å². The van der Waals surface area contributed by atoms with Gasteiger partial charge in [-0.05, 0) is 25.0 Å². The van der Waals surface area contributed by atoms with Crippen molar-refractivity contribution < 1.29 is 14.3 Å². The lowest BCUT2D eigenvalue weighted by atomic mass is 10.1. The van der Waals surface area contributed by atoms with Crippen LogP contribution in [0, 0.1) is 0 Å². The summed E-state index contributed by atoms with van der Waals surface area (Å²) in [7, 11) is 1.77. The summed E-state index contributed by atoms with van der Waals surface area (Å²) in [5.41, 5.74) is 2.55. The number of ether oxygens (including phenoxy) is 1. The van der Waals surface area contributed by atoms with E-state index in [0.717, 1.165) is 37.1 Å². The van der Waals surface area contributed by atoms with Gasteiger partial charge in [0.25, 0.3) is 5.91 Å². The summed E-state index contributed by atoms with van der Waals surface area (Å²) >= 11 is 0. The highest BCUT2D eigenvalue weighted by Crippen LogP contribution is 2.42. The molecule has 2 heterocycles. The largest absolute Gasteiger partial charge is 0.460 e. The zero-order valence-electron chi connectivity index (χ0n) is 14.7. The fraction of sp³-hybridized carbons (Fsp3) is 0.421. The number of fused-ring (bicyclic) bond motifs is 1. The molecule has 0 unspecified atom stereocenters. The summed E-state index contributed by atoms with van der Waals surface area (Å²) < 4.78 is 5.49. The van der Waals surface area contributed by atoms with Gasteiger partial charge in [-0.3, -0.25) is 9.89 Å². The van der Waals surface area contributed by atoms with Crippen LogP contribution in [0.2, 0.25) is 0 Å². The Morgan fingerprint density at radius 2 is 2.04 bits per heavy atom. The van der Waals surface area contributed by atoms with Gasteiger partial charge in [0.1, 0.15) is 12.3 Å². The number of nitrogens with one attached hydrogen (secondary N) is 2. The third kappa shape index (κ3) is 2.99. The molecule has 0 saturated heterocycles. The molecule has 1 fully saturated rings. The van der Waals surface area contributed by atoms with Crippen LogP contribution in [0.25, 0.3) is 0 Å². The molecule has 0 atom stereocenters. The van der Waals surface area contributed by atoms with Crippen LogP contribution in [0.1, 0.15) is 44.9 Å². The van der Waals surface area contributed by atoms with Crippen LogP contribution in [0.5, 0.6) is 0 Å². The monoisotopic (exact) mass is 354 g/mol. The van der Waals surface area contributed by atoms with E-state index in [1.165, 1.54) is 0 Å². The molecule has 0 bridgehead atoms. The third-order valence-electron chi connectivity index (χ3n) is 5.33. The van der Waals surface area contributed by atoms with Crippen molar-refractivity contribution in [3.63, 3.8) is 0 Å². The molecule has 2 aromatic rings. The van der Waals surface area contributed by atoms with E-state index in [0.29, 0.717) is 17.8 Å². The van der Waals surface area contributed by atoms with E-state index in [2.05, 4.69) is 15.5 Å². The Kier molecular flexibility index (Phi) is 4.24. The number of H-pyrrole nitrogens is 1. The van der Waals surface area contributed by atoms with Crippen molar-refractivity contribution in [2.24, 2.45) is 0 Å². The molecule has 1 aliphatic carbocycles. The first-order chi connectivity index (χ1) is 12.6. The first-order valence-corrected chi connectivity index (χ1v) is 8.88. The Hall–Kier alpha value is -2.67. The van der Waals surface area contributed by atoms with E-state index in [1.54, 1.807) is 36.2 Å². The molecule has 0 radical (unpaired) electrons. The fourth-order valence-corrected chi connectivity index (χ4v) is 3.36. The number of esters is 1. The number of carbonyl (C=O) groups excluding carboxylic acids is 2. The Bertz CT molecular complexity index is 827. The molecular weight excluding hydrogens is 332 g/mol. The third-order valence-corrected chi connectivity index (χ3v) is 5.33. The molecule has 1 aromatic heterocycles. The van der Waals surface area contributed by atoms with Gasteiger partial charge in [-0.2, -0.15) is 5.10 Å². The number of rotatable bonds is 5. The number of hydrogen-bond acceptors (Lipinski definition) is 5. The molecule has 136 valence electrons. The molecule has 1 amide bonds. The van der Waals surface area contributed by atoms with Gasteiger partial charge in [0.2, 0.25) is 0 Å². The molecular formula is C19H22N4O3. The highest BCUT2D eigenvalue weighted by Gasteiger charge is 2.50. The number of hydrogen-bond donors (Lipinski definition) is 2. The van der Waals surface area contributed by atoms with Crippen molar-refractivity contribution in [1.82, 2.24) is 20.4 Å². The van der Waals surface area contributed by atoms with Crippen LogP contribution in [0.15, 0.2) is 30.3 Å². The van der Waals surface area contributed by atoms with Gasteiger partial charge in [-0.25, -0.2) is 4.79 Å². The maximum absolute atomic E-state index is 13.0. The minimum atomic E-state index is -0.415. The Morgan fingerprint density at radius 1 is 1.27 bits per heavy atom. The van der Waals surface area contributed by atoms with Gasteiger partial charge in [0, 0.05) is 32.1 Å².